The molecule has 0 heterocycles. The van der Waals surface area contributed by atoms with E-state index in [2.05, 4.69) is 51.1 Å². The molecule has 2 aromatic rings. The lowest BCUT2D eigenvalue weighted by Crippen LogP contribution is -1.97. The van der Waals surface area contributed by atoms with Gasteiger partial charge in [-0.15, -0.1) is 0 Å². The standard InChI is InChI=1S/C18H21/c1-4-14-12-15(5-2)18(16(6-3)13-14)17-10-8-7-9-11-17/h8-13H,4-6H2,1-3H3. The first-order chi connectivity index (χ1) is 8.80. The number of hydrogen-bond donors (Lipinski definition) is 0. The van der Waals surface area contributed by atoms with Crippen LogP contribution in [-0.4, -0.2) is 0 Å². The second kappa shape index (κ2) is 5.86. The van der Waals surface area contributed by atoms with Gasteiger partial charge >= 0.3 is 0 Å². The highest BCUT2D eigenvalue weighted by Gasteiger charge is 2.10. The van der Waals surface area contributed by atoms with E-state index >= 15 is 0 Å². The van der Waals surface area contributed by atoms with Gasteiger partial charge in [0.25, 0.3) is 0 Å². The molecule has 1 radical (unpaired) electrons. The molecule has 0 fully saturated rings. The van der Waals surface area contributed by atoms with Crippen molar-refractivity contribution in [3.63, 3.8) is 0 Å². The van der Waals surface area contributed by atoms with Crippen molar-refractivity contribution in [3.05, 3.63) is 59.2 Å². The minimum absolute atomic E-state index is 1.09. The van der Waals surface area contributed by atoms with Crippen LogP contribution >= 0.6 is 0 Å². The number of benzene rings is 2. The Morgan fingerprint density at radius 3 is 1.83 bits per heavy atom. The van der Waals surface area contributed by atoms with E-state index in [0.717, 1.165) is 19.3 Å². The molecule has 0 bridgehead atoms. The smallest absolute Gasteiger partial charge is 0.0120 e. The van der Waals surface area contributed by atoms with Crippen LogP contribution < -0.4 is 0 Å². The van der Waals surface area contributed by atoms with Crippen LogP contribution in [0.3, 0.4) is 0 Å². The van der Waals surface area contributed by atoms with Gasteiger partial charge in [0.05, 0.1) is 0 Å². The van der Waals surface area contributed by atoms with Crippen LogP contribution in [0, 0.1) is 6.07 Å². The molecule has 0 saturated heterocycles. The highest BCUT2D eigenvalue weighted by molar-refractivity contribution is 5.71. The fourth-order valence-electron chi connectivity index (χ4n) is 2.53. The van der Waals surface area contributed by atoms with Gasteiger partial charge in [-0.2, -0.15) is 0 Å². The fraction of sp³-hybridized carbons (Fsp3) is 0.333. The van der Waals surface area contributed by atoms with Gasteiger partial charge < -0.3 is 0 Å². The molecule has 0 unspecified atom stereocenters. The Bertz CT molecular complexity index is 484. The van der Waals surface area contributed by atoms with E-state index in [1.165, 1.54) is 27.8 Å². The predicted octanol–water partition coefficient (Wildman–Crippen LogP) is 4.84. The van der Waals surface area contributed by atoms with Gasteiger partial charge in [-0.3, -0.25) is 0 Å². The maximum Gasteiger partial charge on any atom is -0.0120 e. The van der Waals surface area contributed by atoms with Gasteiger partial charge in [0.1, 0.15) is 0 Å². The average molecular weight is 237 g/mol. The van der Waals surface area contributed by atoms with Gasteiger partial charge in [0.15, 0.2) is 0 Å². The second-order valence-corrected chi connectivity index (χ2v) is 4.64. The molecule has 0 atom stereocenters. The Labute approximate surface area is 111 Å². The molecular weight excluding hydrogens is 216 g/mol. The zero-order chi connectivity index (χ0) is 13.0. The van der Waals surface area contributed by atoms with Crippen molar-refractivity contribution >= 4 is 0 Å². The van der Waals surface area contributed by atoms with E-state index < -0.39 is 0 Å². The van der Waals surface area contributed by atoms with Crippen LogP contribution in [0.15, 0.2) is 36.4 Å². The lowest BCUT2D eigenvalue weighted by atomic mass is 9.89. The summed E-state index contributed by atoms with van der Waals surface area (Å²) in [7, 11) is 0. The van der Waals surface area contributed by atoms with Crippen molar-refractivity contribution in [2.75, 3.05) is 0 Å². The minimum Gasteiger partial charge on any atom is -0.0613 e. The first kappa shape index (κ1) is 12.9. The maximum absolute atomic E-state index is 3.10. The molecule has 0 aliphatic carbocycles. The molecule has 0 aliphatic rings. The monoisotopic (exact) mass is 237 g/mol. The molecular formula is C18H21. The summed E-state index contributed by atoms with van der Waals surface area (Å²) in [6.07, 6.45) is 3.30. The quantitative estimate of drug-likeness (QED) is 0.713. The summed E-state index contributed by atoms with van der Waals surface area (Å²) < 4.78 is 0. The maximum atomic E-state index is 3.10. The molecule has 0 spiro atoms. The summed E-state index contributed by atoms with van der Waals surface area (Å²) in [6, 6.07) is 16.2. The van der Waals surface area contributed by atoms with Gasteiger partial charge in [-0.1, -0.05) is 57.2 Å². The SMILES string of the molecule is CCc1cc(CC)c(-c2cc[c]cc2)c(CC)c1. The number of hydrogen-bond acceptors (Lipinski definition) is 0. The van der Waals surface area contributed by atoms with Crippen molar-refractivity contribution in [1.29, 1.82) is 0 Å². The van der Waals surface area contributed by atoms with Crippen LogP contribution in [0.4, 0.5) is 0 Å². The van der Waals surface area contributed by atoms with Crippen LogP contribution in [0.2, 0.25) is 0 Å². The molecule has 0 nitrogen and oxygen atoms in total. The largest absolute Gasteiger partial charge is 0.0613 e. The Morgan fingerprint density at radius 2 is 1.39 bits per heavy atom. The first-order valence-corrected chi connectivity index (χ1v) is 6.91. The lowest BCUT2D eigenvalue weighted by molar-refractivity contribution is 1.05. The summed E-state index contributed by atoms with van der Waals surface area (Å²) in [5.74, 6) is 0. The summed E-state index contributed by atoms with van der Waals surface area (Å²) in [6.45, 7) is 6.71. The molecule has 2 aromatic carbocycles. The highest BCUT2D eigenvalue weighted by Crippen LogP contribution is 2.30. The van der Waals surface area contributed by atoms with E-state index in [-0.39, 0.29) is 0 Å². The molecule has 18 heavy (non-hydrogen) atoms. The zero-order valence-corrected chi connectivity index (χ0v) is 11.6. The molecule has 0 saturated carbocycles. The Balaban J connectivity index is 2.64. The molecule has 0 N–H and O–H groups in total. The van der Waals surface area contributed by atoms with Crippen LogP contribution in [-0.2, 0) is 19.3 Å². The van der Waals surface area contributed by atoms with Crippen LogP contribution in [0.25, 0.3) is 11.1 Å². The van der Waals surface area contributed by atoms with Crippen LogP contribution in [0.1, 0.15) is 37.5 Å². The lowest BCUT2D eigenvalue weighted by Gasteiger charge is -2.15. The van der Waals surface area contributed by atoms with Crippen molar-refractivity contribution in [1.82, 2.24) is 0 Å². The molecule has 0 aromatic heterocycles. The normalized spacial score (nSPS) is 10.6. The summed E-state index contributed by atoms with van der Waals surface area (Å²) in [5, 5.41) is 0. The Hall–Kier alpha value is -1.56. The van der Waals surface area contributed by atoms with Crippen LogP contribution in [0.5, 0.6) is 0 Å². The summed E-state index contributed by atoms with van der Waals surface area (Å²) >= 11 is 0. The number of aryl methyl sites for hydroxylation is 3. The molecule has 2 rings (SSSR count). The third-order valence-corrected chi connectivity index (χ3v) is 3.54. The van der Waals surface area contributed by atoms with Gasteiger partial charge in [0, 0.05) is 0 Å². The molecule has 93 valence electrons. The van der Waals surface area contributed by atoms with E-state index in [1.54, 1.807) is 0 Å². The topological polar surface area (TPSA) is 0 Å². The predicted molar refractivity (Wildman–Crippen MR) is 78.8 cm³/mol. The number of rotatable bonds is 4. The third kappa shape index (κ3) is 2.48. The Morgan fingerprint density at radius 1 is 0.833 bits per heavy atom. The van der Waals surface area contributed by atoms with E-state index in [0.29, 0.717) is 0 Å². The third-order valence-electron chi connectivity index (χ3n) is 3.54. The summed E-state index contributed by atoms with van der Waals surface area (Å²) in [5.41, 5.74) is 7.15. The molecule has 0 amide bonds. The van der Waals surface area contributed by atoms with Gasteiger partial charge in [-0.25, -0.2) is 0 Å². The van der Waals surface area contributed by atoms with Crippen molar-refractivity contribution in [3.8, 4) is 11.1 Å². The van der Waals surface area contributed by atoms with E-state index in [9.17, 15) is 0 Å². The average Bonchev–Trinajstić information content (AvgIpc) is 2.46. The van der Waals surface area contributed by atoms with Crippen molar-refractivity contribution in [2.45, 2.75) is 40.0 Å². The van der Waals surface area contributed by atoms with E-state index in [4.69, 9.17) is 0 Å². The Kier molecular flexibility index (Phi) is 4.19. The first-order valence-electron chi connectivity index (χ1n) is 6.91. The fourth-order valence-corrected chi connectivity index (χ4v) is 2.53. The molecule has 0 aliphatic heterocycles. The van der Waals surface area contributed by atoms with Gasteiger partial charge in [-0.05, 0) is 53.1 Å². The second-order valence-electron chi connectivity index (χ2n) is 4.64. The zero-order valence-electron chi connectivity index (χ0n) is 11.6. The highest BCUT2D eigenvalue weighted by atomic mass is 14.1. The van der Waals surface area contributed by atoms with Gasteiger partial charge in [0.2, 0.25) is 0 Å². The van der Waals surface area contributed by atoms with Crippen molar-refractivity contribution < 1.29 is 0 Å². The molecule has 0 heteroatoms. The van der Waals surface area contributed by atoms with E-state index in [1.807, 2.05) is 12.1 Å². The minimum atomic E-state index is 1.09. The summed E-state index contributed by atoms with van der Waals surface area (Å²) in [4.78, 5) is 0. The van der Waals surface area contributed by atoms with Crippen molar-refractivity contribution in [2.24, 2.45) is 0 Å².